The molecule has 3 heterocycles. The number of aryl methyl sites for hydroxylation is 1. The lowest BCUT2D eigenvalue weighted by Gasteiger charge is -2.23. The second-order valence-electron chi connectivity index (χ2n) is 6.39. The molecule has 0 radical (unpaired) electrons. The minimum atomic E-state index is 0.478. The van der Waals surface area contributed by atoms with Gasteiger partial charge in [0.2, 0.25) is 5.89 Å². The first kappa shape index (κ1) is 15.1. The van der Waals surface area contributed by atoms with Crippen molar-refractivity contribution in [3.8, 4) is 11.5 Å². The third-order valence-corrected chi connectivity index (χ3v) is 4.58. The zero-order valence-electron chi connectivity index (χ0n) is 13.8. The molecule has 2 aromatic heterocycles. The largest absolute Gasteiger partial charge is 0.444 e. The van der Waals surface area contributed by atoms with E-state index in [0.29, 0.717) is 11.9 Å². The maximum atomic E-state index is 5.68. The molecule has 3 aromatic rings. The summed E-state index contributed by atoms with van der Waals surface area (Å²) in [7, 11) is 0. The molecule has 6 nitrogen and oxygen atoms in total. The standard InChI is InChI=1S/C18H21N5O/c1-14-4-6-15(7-5-14)18-21-16(11-24-18)9-22-8-2-3-17(22)10-23-13-19-12-20-23/h4-7,11-13,17H,2-3,8-10H2,1H3/t17-/m0/s1. The molecule has 1 aliphatic rings. The summed E-state index contributed by atoms with van der Waals surface area (Å²) in [5.74, 6) is 0.692. The molecule has 6 heteroatoms. The summed E-state index contributed by atoms with van der Waals surface area (Å²) in [5.41, 5.74) is 3.24. The molecule has 1 saturated heterocycles. The van der Waals surface area contributed by atoms with Crippen LogP contribution in [0.3, 0.4) is 0 Å². The smallest absolute Gasteiger partial charge is 0.226 e. The fourth-order valence-electron chi connectivity index (χ4n) is 3.27. The first-order valence-electron chi connectivity index (χ1n) is 8.36. The quantitative estimate of drug-likeness (QED) is 0.722. The molecular weight excluding hydrogens is 302 g/mol. The van der Waals surface area contributed by atoms with E-state index in [-0.39, 0.29) is 0 Å². The number of benzene rings is 1. The Hall–Kier alpha value is -2.47. The highest BCUT2D eigenvalue weighted by Gasteiger charge is 2.26. The molecule has 0 saturated carbocycles. The van der Waals surface area contributed by atoms with Gasteiger partial charge >= 0.3 is 0 Å². The van der Waals surface area contributed by atoms with Crippen LogP contribution in [0.5, 0.6) is 0 Å². The Labute approximate surface area is 141 Å². The van der Waals surface area contributed by atoms with Crippen LogP contribution in [-0.4, -0.2) is 37.2 Å². The highest BCUT2D eigenvalue weighted by molar-refractivity contribution is 5.53. The minimum absolute atomic E-state index is 0.478. The Morgan fingerprint density at radius 1 is 1.25 bits per heavy atom. The van der Waals surface area contributed by atoms with Crippen molar-refractivity contribution in [2.24, 2.45) is 0 Å². The van der Waals surface area contributed by atoms with Gasteiger partial charge in [0.15, 0.2) is 0 Å². The van der Waals surface area contributed by atoms with Crippen LogP contribution in [0.15, 0.2) is 47.6 Å². The maximum Gasteiger partial charge on any atom is 0.226 e. The van der Waals surface area contributed by atoms with Crippen molar-refractivity contribution in [3.05, 3.63) is 54.4 Å². The minimum Gasteiger partial charge on any atom is -0.444 e. The highest BCUT2D eigenvalue weighted by Crippen LogP contribution is 2.23. The van der Waals surface area contributed by atoms with Crippen LogP contribution in [0.2, 0.25) is 0 Å². The first-order valence-corrected chi connectivity index (χ1v) is 8.36. The molecule has 0 amide bonds. The summed E-state index contributed by atoms with van der Waals surface area (Å²) < 4.78 is 7.58. The molecule has 1 aliphatic heterocycles. The van der Waals surface area contributed by atoms with Crippen molar-refractivity contribution in [1.82, 2.24) is 24.6 Å². The van der Waals surface area contributed by atoms with Crippen LogP contribution < -0.4 is 0 Å². The molecule has 0 unspecified atom stereocenters. The summed E-state index contributed by atoms with van der Waals surface area (Å²) in [4.78, 5) is 11.1. The zero-order valence-corrected chi connectivity index (χ0v) is 13.8. The molecule has 0 aliphatic carbocycles. The predicted molar refractivity (Wildman–Crippen MR) is 90.1 cm³/mol. The lowest BCUT2D eigenvalue weighted by Crippen LogP contribution is -2.32. The molecule has 0 N–H and O–H groups in total. The molecular formula is C18H21N5O. The lowest BCUT2D eigenvalue weighted by atomic mass is 10.1. The molecule has 4 rings (SSSR count). The Morgan fingerprint density at radius 2 is 2.12 bits per heavy atom. The molecule has 124 valence electrons. The molecule has 1 aromatic carbocycles. The number of oxazole rings is 1. The second-order valence-corrected chi connectivity index (χ2v) is 6.39. The molecule has 1 atom stereocenters. The molecule has 0 spiro atoms. The van der Waals surface area contributed by atoms with Gasteiger partial charge in [0, 0.05) is 18.2 Å². The number of nitrogens with zero attached hydrogens (tertiary/aromatic N) is 5. The van der Waals surface area contributed by atoms with Crippen molar-refractivity contribution in [2.45, 2.75) is 38.9 Å². The summed E-state index contributed by atoms with van der Waals surface area (Å²) in [6, 6.07) is 8.73. The lowest BCUT2D eigenvalue weighted by molar-refractivity contribution is 0.216. The van der Waals surface area contributed by atoms with Gasteiger partial charge in [-0.3, -0.25) is 9.58 Å². The fourth-order valence-corrected chi connectivity index (χ4v) is 3.27. The summed E-state index contributed by atoms with van der Waals surface area (Å²) >= 11 is 0. The van der Waals surface area contributed by atoms with E-state index in [2.05, 4.69) is 39.0 Å². The van der Waals surface area contributed by atoms with E-state index in [0.717, 1.165) is 30.9 Å². The van der Waals surface area contributed by atoms with E-state index in [4.69, 9.17) is 4.42 Å². The van der Waals surface area contributed by atoms with Gasteiger partial charge < -0.3 is 4.42 Å². The Morgan fingerprint density at radius 3 is 2.92 bits per heavy atom. The van der Waals surface area contributed by atoms with Crippen LogP contribution in [0.4, 0.5) is 0 Å². The van der Waals surface area contributed by atoms with Gasteiger partial charge in [0.05, 0.1) is 12.2 Å². The van der Waals surface area contributed by atoms with Crippen molar-refractivity contribution < 1.29 is 4.42 Å². The predicted octanol–water partition coefficient (Wildman–Crippen LogP) is 2.91. The topological polar surface area (TPSA) is 60.0 Å². The highest BCUT2D eigenvalue weighted by atomic mass is 16.3. The summed E-state index contributed by atoms with van der Waals surface area (Å²) in [6.45, 7) is 4.86. The number of hydrogen-bond acceptors (Lipinski definition) is 5. The normalized spacial score (nSPS) is 18.3. The van der Waals surface area contributed by atoms with E-state index in [9.17, 15) is 0 Å². The Balaban J connectivity index is 1.44. The van der Waals surface area contributed by atoms with Gasteiger partial charge in [-0.05, 0) is 38.4 Å². The average Bonchev–Trinajstić information content (AvgIpc) is 3.32. The third kappa shape index (κ3) is 3.23. The van der Waals surface area contributed by atoms with Crippen molar-refractivity contribution in [1.29, 1.82) is 0 Å². The Bertz CT molecular complexity index is 778. The number of hydrogen-bond donors (Lipinski definition) is 0. The third-order valence-electron chi connectivity index (χ3n) is 4.58. The van der Waals surface area contributed by atoms with Crippen LogP contribution in [0, 0.1) is 6.92 Å². The van der Waals surface area contributed by atoms with Crippen LogP contribution in [-0.2, 0) is 13.1 Å². The van der Waals surface area contributed by atoms with Crippen molar-refractivity contribution in [3.63, 3.8) is 0 Å². The second kappa shape index (κ2) is 6.57. The molecule has 0 bridgehead atoms. The van der Waals surface area contributed by atoms with Crippen LogP contribution >= 0.6 is 0 Å². The molecule has 1 fully saturated rings. The monoisotopic (exact) mass is 323 g/mol. The van der Waals surface area contributed by atoms with E-state index < -0.39 is 0 Å². The van der Waals surface area contributed by atoms with Crippen molar-refractivity contribution >= 4 is 0 Å². The maximum absolute atomic E-state index is 5.68. The fraction of sp³-hybridized carbons (Fsp3) is 0.389. The van der Waals surface area contributed by atoms with E-state index in [1.54, 1.807) is 18.9 Å². The van der Waals surface area contributed by atoms with Crippen LogP contribution in [0.25, 0.3) is 11.5 Å². The van der Waals surface area contributed by atoms with Gasteiger partial charge in [-0.15, -0.1) is 0 Å². The SMILES string of the molecule is Cc1ccc(-c2nc(CN3CCC[C@H]3Cn3cncn3)co2)cc1. The average molecular weight is 323 g/mol. The van der Waals surface area contributed by atoms with E-state index in [1.165, 1.54) is 18.4 Å². The van der Waals surface area contributed by atoms with E-state index in [1.807, 2.05) is 16.8 Å². The molecule has 24 heavy (non-hydrogen) atoms. The summed E-state index contributed by atoms with van der Waals surface area (Å²) in [6.07, 6.45) is 7.54. The zero-order chi connectivity index (χ0) is 16.4. The van der Waals surface area contributed by atoms with Crippen molar-refractivity contribution in [2.75, 3.05) is 6.54 Å². The van der Waals surface area contributed by atoms with Gasteiger partial charge in [0.25, 0.3) is 0 Å². The number of likely N-dealkylation sites (tertiary alicyclic amines) is 1. The van der Waals surface area contributed by atoms with Gasteiger partial charge in [-0.25, -0.2) is 9.97 Å². The van der Waals surface area contributed by atoms with E-state index >= 15 is 0 Å². The van der Waals surface area contributed by atoms with Gasteiger partial charge in [-0.1, -0.05) is 17.7 Å². The number of aromatic nitrogens is 4. The first-order chi connectivity index (χ1) is 11.8. The number of rotatable bonds is 5. The summed E-state index contributed by atoms with van der Waals surface area (Å²) in [5, 5.41) is 4.22. The van der Waals surface area contributed by atoms with Crippen LogP contribution in [0.1, 0.15) is 24.1 Å². The van der Waals surface area contributed by atoms with Gasteiger partial charge in [-0.2, -0.15) is 5.10 Å². The van der Waals surface area contributed by atoms with Gasteiger partial charge in [0.1, 0.15) is 18.9 Å². The Kier molecular flexibility index (Phi) is 4.13.